The van der Waals surface area contributed by atoms with E-state index >= 15 is 0 Å². The summed E-state index contributed by atoms with van der Waals surface area (Å²) in [6, 6.07) is 17.8. The molecule has 1 aromatic heterocycles. The van der Waals surface area contributed by atoms with Crippen LogP contribution in [-0.4, -0.2) is 47.9 Å². The molecule has 0 spiro atoms. The number of amides is 2. The summed E-state index contributed by atoms with van der Waals surface area (Å²) in [5.74, 6) is 0.810. The number of hydrogen-bond donors (Lipinski definition) is 0. The Labute approximate surface area is 212 Å². The molecule has 0 bridgehead atoms. The third-order valence-electron chi connectivity index (χ3n) is 6.51. The van der Waals surface area contributed by atoms with Gasteiger partial charge < -0.3 is 14.5 Å². The van der Waals surface area contributed by atoms with Gasteiger partial charge in [-0.2, -0.15) is 0 Å². The van der Waals surface area contributed by atoms with Crippen LogP contribution in [0.4, 0.5) is 0 Å². The van der Waals surface area contributed by atoms with Crippen LogP contribution in [0.1, 0.15) is 46.5 Å². The van der Waals surface area contributed by atoms with Crippen molar-refractivity contribution in [1.29, 1.82) is 0 Å². The minimum atomic E-state index is -0.161. The van der Waals surface area contributed by atoms with Crippen LogP contribution in [0.25, 0.3) is 0 Å². The first-order valence-electron chi connectivity index (χ1n) is 12.3. The van der Waals surface area contributed by atoms with Crippen molar-refractivity contribution in [3.05, 3.63) is 87.1 Å². The normalized spacial score (nSPS) is 14.9. The number of nitrogens with zero attached hydrogens (tertiary/aromatic N) is 2. The average Bonchev–Trinajstić information content (AvgIpc) is 3.33. The minimum Gasteiger partial charge on any atom is -0.491 e. The second-order valence-electron chi connectivity index (χ2n) is 9.21. The highest BCUT2D eigenvalue weighted by molar-refractivity contribution is 7.10. The van der Waals surface area contributed by atoms with Gasteiger partial charge >= 0.3 is 0 Å². The molecule has 35 heavy (non-hydrogen) atoms. The predicted octanol–water partition coefficient (Wildman–Crippen LogP) is 5.35. The topological polar surface area (TPSA) is 49.9 Å². The van der Waals surface area contributed by atoms with E-state index in [1.807, 2.05) is 61.2 Å². The lowest BCUT2D eigenvalue weighted by Crippen LogP contribution is -2.48. The molecule has 184 valence electrons. The Morgan fingerprint density at radius 1 is 1.11 bits per heavy atom. The summed E-state index contributed by atoms with van der Waals surface area (Å²) in [5, 5.41) is 2.09. The zero-order chi connectivity index (χ0) is 24.8. The Kier molecular flexibility index (Phi) is 8.24. The molecular weight excluding hydrogens is 456 g/mol. The standard InChI is InChI=1S/C29H34N2O3S/c1-4-14-30(28(32)18-23-8-6-5-7-9-23)19-29(33)31-15-12-27-24(13-16-35-27)25(31)20-34-26-11-10-21(2)17-22(26)3/h5-11,13,16-17,25H,4,12,14-15,18-20H2,1-3H3/t25-/m1/s1. The van der Waals surface area contributed by atoms with E-state index in [1.165, 1.54) is 10.4 Å². The summed E-state index contributed by atoms with van der Waals surface area (Å²) in [6.45, 7) is 7.84. The summed E-state index contributed by atoms with van der Waals surface area (Å²) >= 11 is 1.74. The molecule has 0 saturated carbocycles. The third-order valence-corrected chi connectivity index (χ3v) is 7.51. The SMILES string of the molecule is CCCN(CC(=O)N1CCc2sccc2[C@H]1COc1ccc(C)cc1C)C(=O)Cc1ccccc1. The smallest absolute Gasteiger partial charge is 0.242 e. The minimum absolute atomic E-state index is 0.0114. The van der Waals surface area contributed by atoms with Gasteiger partial charge in [0.2, 0.25) is 11.8 Å². The first-order valence-corrected chi connectivity index (χ1v) is 13.2. The molecule has 2 heterocycles. The van der Waals surface area contributed by atoms with Gasteiger partial charge in [0.1, 0.15) is 12.4 Å². The van der Waals surface area contributed by atoms with Crippen molar-refractivity contribution in [2.45, 2.75) is 46.1 Å². The van der Waals surface area contributed by atoms with Crippen LogP contribution in [0.2, 0.25) is 0 Å². The molecule has 6 heteroatoms. The molecule has 0 saturated heterocycles. The fourth-order valence-electron chi connectivity index (χ4n) is 4.70. The molecule has 0 aliphatic carbocycles. The molecule has 1 aliphatic heterocycles. The lowest BCUT2D eigenvalue weighted by Gasteiger charge is -2.37. The molecule has 4 rings (SSSR count). The Hall–Kier alpha value is -3.12. The number of rotatable bonds is 9. The molecule has 2 amide bonds. The van der Waals surface area contributed by atoms with Crippen molar-refractivity contribution in [1.82, 2.24) is 9.80 Å². The zero-order valence-electron chi connectivity index (χ0n) is 20.8. The number of carbonyl (C=O) groups excluding carboxylic acids is 2. The fraction of sp³-hybridized carbons (Fsp3) is 0.379. The van der Waals surface area contributed by atoms with Crippen molar-refractivity contribution in [2.24, 2.45) is 0 Å². The van der Waals surface area contributed by atoms with Crippen LogP contribution < -0.4 is 4.74 Å². The number of carbonyl (C=O) groups is 2. The van der Waals surface area contributed by atoms with Crippen molar-refractivity contribution in [3.8, 4) is 5.75 Å². The summed E-state index contributed by atoms with van der Waals surface area (Å²) in [6.07, 6.45) is 1.95. The maximum atomic E-state index is 13.6. The van der Waals surface area contributed by atoms with Gasteiger partial charge in [-0.05, 0) is 60.9 Å². The Morgan fingerprint density at radius 2 is 1.91 bits per heavy atom. The number of aryl methyl sites for hydroxylation is 2. The van der Waals surface area contributed by atoms with Crippen LogP contribution in [0.15, 0.2) is 60.0 Å². The molecule has 0 fully saturated rings. The zero-order valence-corrected chi connectivity index (χ0v) is 21.6. The maximum Gasteiger partial charge on any atom is 0.242 e. The number of hydrogen-bond acceptors (Lipinski definition) is 4. The summed E-state index contributed by atoms with van der Waals surface area (Å²) in [5.41, 5.74) is 4.41. The number of ether oxygens (including phenoxy) is 1. The van der Waals surface area contributed by atoms with Gasteiger partial charge in [-0.1, -0.05) is 55.0 Å². The number of benzene rings is 2. The van der Waals surface area contributed by atoms with Crippen molar-refractivity contribution < 1.29 is 14.3 Å². The van der Waals surface area contributed by atoms with E-state index in [2.05, 4.69) is 24.4 Å². The Bertz CT molecular complexity index is 1160. The molecule has 0 radical (unpaired) electrons. The summed E-state index contributed by atoms with van der Waals surface area (Å²) < 4.78 is 6.25. The summed E-state index contributed by atoms with van der Waals surface area (Å²) in [4.78, 5) is 31.6. The van der Waals surface area contributed by atoms with Gasteiger partial charge in [0, 0.05) is 18.0 Å². The largest absolute Gasteiger partial charge is 0.491 e. The van der Waals surface area contributed by atoms with Crippen LogP contribution >= 0.6 is 11.3 Å². The van der Waals surface area contributed by atoms with Crippen LogP contribution in [-0.2, 0) is 22.4 Å². The van der Waals surface area contributed by atoms with Crippen LogP contribution in [0.3, 0.4) is 0 Å². The van der Waals surface area contributed by atoms with Gasteiger partial charge in [0.25, 0.3) is 0 Å². The lowest BCUT2D eigenvalue weighted by atomic mass is 10.00. The molecule has 1 aliphatic rings. The van der Waals surface area contributed by atoms with Crippen LogP contribution in [0.5, 0.6) is 5.75 Å². The molecule has 2 aromatic carbocycles. The lowest BCUT2D eigenvalue weighted by molar-refractivity contribution is -0.142. The molecular formula is C29H34N2O3S. The van der Waals surface area contributed by atoms with Gasteiger partial charge in [0.15, 0.2) is 0 Å². The first-order chi connectivity index (χ1) is 17.0. The Balaban J connectivity index is 1.49. The summed E-state index contributed by atoms with van der Waals surface area (Å²) in [7, 11) is 0. The number of thiophene rings is 1. The van der Waals surface area contributed by atoms with E-state index in [1.54, 1.807) is 16.2 Å². The van der Waals surface area contributed by atoms with E-state index < -0.39 is 0 Å². The van der Waals surface area contributed by atoms with Crippen molar-refractivity contribution in [2.75, 3.05) is 26.2 Å². The Morgan fingerprint density at radius 3 is 2.66 bits per heavy atom. The highest BCUT2D eigenvalue weighted by Gasteiger charge is 2.33. The average molecular weight is 491 g/mol. The van der Waals surface area contributed by atoms with E-state index in [-0.39, 0.29) is 24.4 Å². The second-order valence-corrected chi connectivity index (χ2v) is 10.2. The van der Waals surface area contributed by atoms with Crippen LogP contribution in [0, 0.1) is 13.8 Å². The predicted molar refractivity (Wildman–Crippen MR) is 141 cm³/mol. The maximum absolute atomic E-state index is 13.6. The van der Waals surface area contributed by atoms with Gasteiger partial charge in [0.05, 0.1) is 19.0 Å². The molecule has 0 unspecified atom stereocenters. The highest BCUT2D eigenvalue weighted by Crippen LogP contribution is 2.34. The molecule has 0 N–H and O–H groups in total. The van der Waals surface area contributed by atoms with Gasteiger partial charge in [-0.15, -0.1) is 11.3 Å². The van der Waals surface area contributed by atoms with Crippen molar-refractivity contribution >= 4 is 23.2 Å². The van der Waals surface area contributed by atoms with Gasteiger partial charge in [-0.25, -0.2) is 0 Å². The second kappa shape index (κ2) is 11.5. The third kappa shape index (κ3) is 6.12. The quantitative estimate of drug-likeness (QED) is 0.406. The number of fused-ring (bicyclic) bond motifs is 1. The van der Waals surface area contributed by atoms with E-state index in [0.717, 1.165) is 35.3 Å². The van der Waals surface area contributed by atoms with E-state index in [4.69, 9.17) is 4.74 Å². The van der Waals surface area contributed by atoms with E-state index in [9.17, 15) is 9.59 Å². The molecule has 5 nitrogen and oxygen atoms in total. The highest BCUT2D eigenvalue weighted by atomic mass is 32.1. The van der Waals surface area contributed by atoms with Gasteiger partial charge in [-0.3, -0.25) is 9.59 Å². The van der Waals surface area contributed by atoms with E-state index in [0.29, 0.717) is 26.1 Å². The molecule has 3 aromatic rings. The first kappa shape index (κ1) is 25.0. The molecule has 1 atom stereocenters. The fourth-order valence-corrected chi connectivity index (χ4v) is 5.63. The van der Waals surface area contributed by atoms with Crippen molar-refractivity contribution in [3.63, 3.8) is 0 Å². The monoisotopic (exact) mass is 490 g/mol.